The zero-order valence-electron chi connectivity index (χ0n) is 14.8. The van der Waals surface area contributed by atoms with Crippen molar-refractivity contribution in [1.29, 1.82) is 0 Å². The van der Waals surface area contributed by atoms with Gasteiger partial charge in [-0.15, -0.1) is 0 Å². The van der Waals surface area contributed by atoms with Crippen molar-refractivity contribution in [3.8, 4) is 0 Å². The van der Waals surface area contributed by atoms with E-state index >= 15 is 0 Å². The monoisotopic (exact) mass is 304 g/mol. The topological polar surface area (TPSA) is 20.2 Å². The van der Waals surface area contributed by atoms with Crippen LogP contribution in [-0.4, -0.2) is 10.7 Å². The SMILES string of the molecule is CCCCCCCCCC(O)(CCCC)Cc1ccccc1. The van der Waals surface area contributed by atoms with Gasteiger partial charge in [-0.25, -0.2) is 0 Å². The van der Waals surface area contributed by atoms with Crippen LogP contribution in [0.25, 0.3) is 0 Å². The third kappa shape index (κ3) is 8.58. The van der Waals surface area contributed by atoms with Gasteiger partial charge in [0.25, 0.3) is 0 Å². The predicted molar refractivity (Wildman–Crippen MR) is 97.2 cm³/mol. The van der Waals surface area contributed by atoms with Crippen molar-refractivity contribution in [1.82, 2.24) is 0 Å². The van der Waals surface area contributed by atoms with Gasteiger partial charge in [-0.3, -0.25) is 0 Å². The number of rotatable bonds is 13. The standard InChI is InChI=1S/C21H36O/c1-3-5-7-8-9-10-14-18-21(22,17-6-4-2)19-20-15-12-11-13-16-20/h11-13,15-16,22H,3-10,14,17-19H2,1-2H3. The lowest BCUT2D eigenvalue weighted by Gasteiger charge is -2.28. The van der Waals surface area contributed by atoms with Crippen molar-refractivity contribution in [2.75, 3.05) is 0 Å². The summed E-state index contributed by atoms with van der Waals surface area (Å²) in [6.45, 7) is 4.47. The minimum Gasteiger partial charge on any atom is -0.390 e. The second-order valence-corrected chi connectivity index (χ2v) is 6.86. The summed E-state index contributed by atoms with van der Waals surface area (Å²) in [5.74, 6) is 0. The maximum Gasteiger partial charge on any atom is 0.0688 e. The molecule has 0 heterocycles. The minimum atomic E-state index is -0.499. The number of hydrogen-bond donors (Lipinski definition) is 1. The lowest BCUT2D eigenvalue weighted by molar-refractivity contribution is 0.0184. The summed E-state index contributed by atoms with van der Waals surface area (Å²) in [5, 5.41) is 11.0. The molecule has 22 heavy (non-hydrogen) atoms. The summed E-state index contributed by atoms with van der Waals surface area (Å²) < 4.78 is 0. The molecule has 1 aromatic rings. The van der Waals surface area contributed by atoms with Crippen LogP contribution in [0.2, 0.25) is 0 Å². The normalized spacial score (nSPS) is 14.0. The van der Waals surface area contributed by atoms with Crippen molar-refractivity contribution in [3.05, 3.63) is 35.9 Å². The Morgan fingerprint density at radius 3 is 1.91 bits per heavy atom. The summed E-state index contributed by atoms with van der Waals surface area (Å²) in [6, 6.07) is 10.5. The lowest BCUT2D eigenvalue weighted by atomic mass is 9.84. The van der Waals surface area contributed by atoms with Crippen LogP contribution >= 0.6 is 0 Å². The smallest absolute Gasteiger partial charge is 0.0688 e. The molecule has 1 nitrogen and oxygen atoms in total. The van der Waals surface area contributed by atoms with E-state index in [2.05, 4.69) is 38.1 Å². The average molecular weight is 305 g/mol. The fourth-order valence-corrected chi connectivity index (χ4v) is 3.19. The Hall–Kier alpha value is -0.820. The van der Waals surface area contributed by atoms with Crippen LogP contribution in [0.4, 0.5) is 0 Å². The highest BCUT2D eigenvalue weighted by Gasteiger charge is 2.25. The summed E-state index contributed by atoms with van der Waals surface area (Å²) in [7, 11) is 0. The summed E-state index contributed by atoms with van der Waals surface area (Å²) in [4.78, 5) is 0. The molecule has 0 radical (unpaired) electrons. The van der Waals surface area contributed by atoms with Crippen molar-refractivity contribution in [2.24, 2.45) is 0 Å². The van der Waals surface area contributed by atoms with Crippen LogP contribution in [-0.2, 0) is 6.42 Å². The highest BCUT2D eigenvalue weighted by Crippen LogP contribution is 2.26. The first-order valence-electron chi connectivity index (χ1n) is 9.46. The quantitative estimate of drug-likeness (QED) is 0.424. The van der Waals surface area contributed by atoms with Gasteiger partial charge in [-0.1, -0.05) is 102 Å². The van der Waals surface area contributed by atoms with Gasteiger partial charge in [0.2, 0.25) is 0 Å². The van der Waals surface area contributed by atoms with Crippen LogP contribution in [0.5, 0.6) is 0 Å². The maximum atomic E-state index is 11.0. The molecule has 1 heteroatoms. The summed E-state index contributed by atoms with van der Waals surface area (Å²) in [5.41, 5.74) is 0.768. The van der Waals surface area contributed by atoms with E-state index in [0.29, 0.717) is 0 Å². The molecular formula is C21H36O. The highest BCUT2D eigenvalue weighted by atomic mass is 16.3. The van der Waals surface area contributed by atoms with Gasteiger partial charge in [0.1, 0.15) is 0 Å². The van der Waals surface area contributed by atoms with Crippen molar-refractivity contribution in [3.63, 3.8) is 0 Å². The van der Waals surface area contributed by atoms with E-state index in [0.717, 1.165) is 32.1 Å². The average Bonchev–Trinajstić information content (AvgIpc) is 2.53. The molecule has 0 spiro atoms. The zero-order valence-corrected chi connectivity index (χ0v) is 14.8. The molecule has 1 N–H and O–H groups in total. The first kappa shape index (κ1) is 19.2. The Morgan fingerprint density at radius 2 is 1.27 bits per heavy atom. The molecule has 0 bridgehead atoms. The first-order valence-corrected chi connectivity index (χ1v) is 9.46. The lowest BCUT2D eigenvalue weighted by Crippen LogP contribution is -2.31. The molecule has 1 aromatic carbocycles. The molecule has 0 amide bonds. The van der Waals surface area contributed by atoms with E-state index in [9.17, 15) is 5.11 Å². The molecule has 0 aliphatic rings. The second kappa shape index (κ2) is 11.7. The van der Waals surface area contributed by atoms with E-state index in [4.69, 9.17) is 0 Å². The predicted octanol–water partition coefficient (Wildman–Crippen LogP) is 6.29. The molecule has 0 aliphatic heterocycles. The highest BCUT2D eigenvalue weighted by molar-refractivity contribution is 5.17. The van der Waals surface area contributed by atoms with E-state index in [1.807, 2.05) is 6.07 Å². The molecule has 0 fully saturated rings. The number of hydrogen-bond acceptors (Lipinski definition) is 1. The Balaban J connectivity index is 2.35. The molecule has 1 atom stereocenters. The van der Waals surface area contributed by atoms with Crippen LogP contribution < -0.4 is 0 Å². The maximum absolute atomic E-state index is 11.0. The van der Waals surface area contributed by atoms with Crippen molar-refractivity contribution in [2.45, 2.75) is 96.5 Å². The van der Waals surface area contributed by atoms with Gasteiger partial charge in [0.05, 0.1) is 5.60 Å². The first-order chi connectivity index (χ1) is 10.7. The van der Waals surface area contributed by atoms with E-state index in [-0.39, 0.29) is 0 Å². The Bertz CT molecular complexity index is 359. The van der Waals surface area contributed by atoms with Crippen LogP contribution in [0.1, 0.15) is 90.0 Å². The Kier molecular flexibility index (Phi) is 10.2. The van der Waals surface area contributed by atoms with Gasteiger partial charge in [0.15, 0.2) is 0 Å². The van der Waals surface area contributed by atoms with Crippen LogP contribution in [0, 0.1) is 0 Å². The third-order valence-electron chi connectivity index (χ3n) is 4.62. The second-order valence-electron chi connectivity index (χ2n) is 6.86. The molecule has 1 unspecified atom stereocenters. The van der Waals surface area contributed by atoms with Gasteiger partial charge in [-0.05, 0) is 18.4 Å². The molecule has 126 valence electrons. The molecule has 1 rings (SSSR count). The fraction of sp³-hybridized carbons (Fsp3) is 0.714. The van der Waals surface area contributed by atoms with Gasteiger partial charge >= 0.3 is 0 Å². The molecule has 0 saturated heterocycles. The van der Waals surface area contributed by atoms with Crippen molar-refractivity contribution < 1.29 is 5.11 Å². The third-order valence-corrected chi connectivity index (χ3v) is 4.62. The largest absolute Gasteiger partial charge is 0.390 e. The van der Waals surface area contributed by atoms with Gasteiger partial charge in [-0.2, -0.15) is 0 Å². The molecular weight excluding hydrogens is 268 g/mol. The van der Waals surface area contributed by atoms with Crippen LogP contribution in [0.3, 0.4) is 0 Å². The van der Waals surface area contributed by atoms with E-state index in [1.165, 1.54) is 50.5 Å². The zero-order chi connectivity index (χ0) is 16.1. The van der Waals surface area contributed by atoms with E-state index in [1.54, 1.807) is 0 Å². The molecule has 0 saturated carbocycles. The molecule has 0 aliphatic carbocycles. The Labute approximate surface area is 138 Å². The number of unbranched alkanes of at least 4 members (excludes halogenated alkanes) is 7. The minimum absolute atomic E-state index is 0.499. The Morgan fingerprint density at radius 1 is 0.727 bits per heavy atom. The number of aliphatic hydroxyl groups is 1. The van der Waals surface area contributed by atoms with Crippen LogP contribution in [0.15, 0.2) is 30.3 Å². The summed E-state index contributed by atoms with van der Waals surface area (Å²) in [6.07, 6.45) is 14.2. The molecule has 0 aromatic heterocycles. The van der Waals surface area contributed by atoms with Gasteiger partial charge in [0, 0.05) is 6.42 Å². The van der Waals surface area contributed by atoms with E-state index < -0.39 is 5.60 Å². The van der Waals surface area contributed by atoms with Gasteiger partial charge < -0.3 is 5.11 Å². The summed E-state index contributed by atoms with van der Waals surface area (Å²) >= 11 is 0. The number of benzene rings is 1. The van der Waals surface area contributed by atoms with Crippen molar-refractivity contribution >= 4 is 0 Å². The fourth-order valence-electron chi connectivity index (χ4n) is 3.19.